The first kappa shape index (κ1) is 30.0. The van der Waals surface area contributed by atoms with E-state index in [0.717, 1.165) is 74.1 Å². The molecule has 0 amide bonds. The Morgan fingerprint density at radius 3 is 1.38 bits per heavy atom. The molecule has 0 fully saturated rings. The number of hydrogen-bond donors (Lipinski definition) is 0. The maximum atomic E-state index is 11.6. The van der Waals surface area contributed by atoms with Crippen molar-refractivity contribution in [3.05, 3.63) is 187 Å². The Labute approximate surface area is 302 Å². The highest BCUT2D eigenvalue weighted by atomic mass is 15.0. The summed E-state index contributed by atoms with van der Waals surface area (Å²) in [6.45, 7) is 0. The minimum atomic E-state index is 0.654. The molecule has 0 aliphatic heterocycles. The molecular formula is C49H33N3. The highest BCUT2D eigenvalue weighted by molar-refractivity contribution is 6.13. The molecule has 0 atom stereocenters. The monoisotopic (exact) mass is 663 g/mol. The lowest BCUT2D eigenvalue weighted by molar-refractivity contribution is 0.889. The van der Waals surface area contributed by atoms with E-state index in [1.165, 1.54) is 27.4 Å². The number of rotatable bonds is 5. The minimum Gasteiger partial charge on any atom is -0.312 e. The molecule has 0 saturated carbocycles. The van der Waals surface area contributed by atoms with Gasteiger partial charge >= 0.3 is 0 Å². The minimum absolute atomic E-state index is 0.654. The van der Waals surface area contributed by atoms with Crippen LogP contribution in [-0.4, -0.2) is 9.13 Å². The summed E-state index contributed by atoms with van der Waals surface area (Å²) in [5.41, 5.74) is 14.6. The normalized spacial score (nSPS) is 12.4. The fourth-order valence-corrected chi connectivity index (χ4v) is 8.52. The maximum Gasteiger partial charge on any atom is 0.101 e. The number of nitriles is 1. The lowest BCUT2D eigenvalue weighted by atomic mass is 9.83. The zero-order valence-electron chi connectivity index (χ0n) is 28.5. The van der Waals surface area contributed by atoms with E-state index in [9.17, 15) is 5.26 Å². The maximum absolute atomic E-state index is 11.6. The van der Waals surface area contributed by atoms with Crippen LogP contribution in [-0.2, 0) is 6.42 Å². The van der Waals surface area contributed by atoms with Crippen molar-refractivity contribution in [1.82, 2.24) is 9.13 Å². The van der Waals surface area contributed by atoms with E-state index < -0.39 is 0 Å². The lowest BCUT2D eigenvalue weighted by Gasteiger charge is -2.28. The van der Waals surface area contributed by atoms with Crippen LogP contribution in [0.1, 0.15) is 23.2 Å². The fraction of sp³-hybridized carbons (Fsp3) is 0.0408. The molecule has 7 aromatic carbocycles. The smallest absolute Gasteiger partial charge is 0.101 e. The van der Waals surface area contributed by atoms with Crippen molar-refractivity contribution in [2.45, 2.75) is 12.8 Å². The molecule has 0 radical (unpaired) electrons. The van der Waals surface area contributed by atoms with E-state index >= 15 is 0 Å². The fourth-order valence-electron chi connectivity index (χ4n) is 8.52. The van der Waals surface area contributed by atoms with Gasteiger partial charge in [0, 0.05) is 44.1 Å². The van der Waals surface area contributed by atoms with Crippen molar-refractivity contribution in [2.75, 3.05) is 0 Å². The molecule has 10 rings (SSSR count). The quantitative estimate of drug-likeness (QED) is 0.180. The molecule has 1 aliphatic rings. The topological polar surface area (TPSA) is 33.6 Å². The number of hydrogen-bond acceptors (Lipinski definition) is 1. The number of aromatic nitrogens is 2. The Bertz CT molecular complexity index is 2830. The summed E-state index contributed by atoms with van der Waals surface area (Å²) < 4.78 is 4.91. The van der Waals surface area contributed by atoms with Crippen molar-refractivity contribution < 1.29 is 0 Å². The van der Waals surface area contributed by atoms with Crippen molar-refractivity contribution in [1.29, 1.82) is 5.26 Å². The highest BCUT2D eigenvalue weighted by Gasteiger charge is 2.32. The van der Waals surface area contributed by atoms with Crippen LogP contribution in [0.3, 0.4) is 0 Å². The van der Waals surface area contributed by atoms with E-state index in [-0.39, 0.29) is 0 Å². The van der Waals surface area contributed by atoms with Crippen LogP contribution >= 0.6 is 0 Å². The van der Waals surface area contributed by atoms with Crippen molar-refractivity contribution >= 4 is 38.8 Å². The molecule has 0 saturated heterocycles. The number of allylic oxidation sites excluding steroid dienone is 1. The molecule has 9 aromatic rings. The largest absolute Gasteiger partial charge is 0.312 e. The SMILES string of the molecule is N#Cc1c(-c2ccccc2)c(-n2c3c(c4ccccc42)C=CCC3)c(-c2ccccc2)c(-n2c3ccccc3c3ccccc32)c1-c1ccccc1. The summed E-state index contributed by atoms with van der Waals surface area (Å²) >= 11 is 0. The van der Waals surface area contributed by atoms with Crippen LogP contribution in [0, 0.1) is 11.3 Å². The molecule has 244 valence electrons. The zero-order valence-corrected chi connectivity index (χ0v) is 28.5. The van der Waals surface area contributed by atoms with Gasteiger partial charge in [-0.3, -0.25) is 0 Å². The van der Waals surface area contributed by atoms with Gasteiger partial charge < -0.3 is 9.13 Å². The number of fused-ring (bicyclic) bond motifs is 6. The van der Waals surface area contributed by atoms with Crippen molar-refractivity contribution in [3.8, 4) is 50.8 Å². The van der Waals surface area contributed by atoms with E-state index in [1.807, 2.05) is 6.07 Å². The molecule has 1 aliphatic carbocycles. The summed E-state index contributed by atoms with van der Waals surface area (Å²) in [7, 11) is 0. The molecule has 3 nitrogen and oxygen atoms in total. The second kappa shape index (κ2) is 12.2. The third kappa shape index (κ3) is 4.45. The van der Waals surface area contributed by atoms with E-state index in [4.69, 9.17) is 0 Å². The molecule has 0 unspecified atom stereocenters. The van der Waals surface area contributed by atoms with Crippen LogP contribution in [0.4, 0.5) is 0 Å². The third-order valence-electron chi connectivity index (χ3n) is 10.6. The summed E-state index contributed by atoms with van der Waals surface area (Å²) in [6, 6.07) is 60.7. The van der Waals surface area contributed by atoms with Gasteiger partial charge in [0.15, 0.2) is 0 Å². The van der Waals surface area contributed by atoms with E-state index in [2.05, 4.69) is 185 Å². The van der Waals surface area contributed by atoms with Gasteiger partial charge in [0.25, 0.3) is 0 Å². The number of nitrogens with zero attached hydrogens (tertiary/aromatic N) is 3. The van der Waals surface area contributed by atoms with E-state index in [1.54, 1.807) is 0 Å². The number of benzene rings is 7. The Morgan fingerprint density at radius 2 is 0.865 bits per heavy atom. The summed E-state index contributed by atoms with van der Waals surface area (Å²) in [6.07, 6.45) is 6.44. The third-order valence-corrected chi connectivity index (χ3v) is 10.6. The first-order chi connectivity index (χ1) is 25.8. The van der Waals surface area contributed by atoms with Crippen molar-refractivity contribution in [2.24, 2.45) is 0 Å². The Kier molecular flexibility index (Phi) is 7.01. The first-order valence-corrected chi connectivity index (χ1v) is 17.9. The summed E-state index contributed by atoms with van der Waals surface area (Å²) in [5, 5.41) is 15.2. The summed E-state index contributed by atoms with van der Waals surface area (Å²) in [4.78, 5) is 0. The molecule has 2 aromatic heterocycles. The van der Waals surface area contributed by atoms with Gasteiger partial charge in [-0.15, -0.1) is 0 Å². The average molecular weight is 664 g/mol. The highest BCUT2D eigenvalue weighted by Crippen LogP contribution is 2.51. The second-order valence-electron chi connectivity index (χ2n) is 13.4. The molecule has 0 spiro atoms. The predicted octanol–water partition coefficient (Wildman–Crippen LogP) is 12.6. The first-order valence-electron chi connectivity index (χ1n) is 17.9. The summed E-state index contributed by atoms with van der Waals surface area (Å²) in [5.74, 6) is 0. The molecule has 2 heterocycles. The molecular weight excluding hydrogens is 631 g/mol. The van der Waals surface area contributed by atoms with Crippen LogP contribution in [0.2, 0.25) is 0 Å². The van der Waals surface area contributed by atoms with Gasteiger partial charge in [-0.2, -0.15) is 5.26 Å². The molecule has 0 bridgehead atoms. The average Bonchev–Trinajstić information content (AvgIpc) is 3.73. The molecule has 0 N–H and O–H groups in total. The molecule has 3 heteroatoms. The van der Waals surface area contributed by atoms with Crippen LogP contribution in [0.25, 0.3) is 83.5 Å². The van der Waals surface area contributed by atoms with Crippen LogP contribution in [0.15, 0.2) is 170 Å². The van der Waals surface area contributed by atoms with Gasteiger partial charge in [0.1, 0.15) is 6.07 Å². The predicted molar refractivity (Wildman–Crippen MR) is 216 cm³/mol. The Balaban J connectivity index is 1.55. The van der Waals surface area contributed by atoms with E-state index in [0.29, 0.717) is 5.56 Å². The molecule has 52 heavy (non-hydrogen) atoms. The van der Waals surface area contributed by atoms with Gasteiger partial charge in [-0.1, -0.05) is 158 Å². The van der Waals surface area contributed by atoms with Crippen LogP contribution in [0.5, 0.6) is 0 Å². The van der Waals surface area contributed by atoms with Gasteiger partial charge in [0.05, 0.1) is 33.5 Å². The lowest BCUT2D eigenvalue weighted by Crippen LogP contribution is -2.12. The van der Waals surface area contributed by atoms with Gasteiger partial charge in [0.2, 0.25) is 0 Å². The van der Waals surface area contributed by atoms with Crippen LogP contribution < -0.4 is 0 Å². The standard InChI is InChI=1S/C49H33N3/c50-32-40-45(33-18-4-1-5-19-33)48(51-41-28-14-10-24-36(41)37-25-11-15-29-42(37)51)47(35-22-8-3-9-23-35)49(46(40)34-20-6-2-7-21-34)52-43-30-16-12-26-38(43)39-27-13-17-31-44(39)52/h1-16,18-30H,17,31H2. The number of para-hydroxylation sites is 3. The second-order valence-corrected chi connectivity index (χ2v) is 13.4. The Hall–Kier alpha value is -6.89. The zero-order chi connectivity index (χ0) is 34.6. The van der Waals surface area contributed by atoms with Gasteiger partial charge in [-0.25, -0.2) is 0 Å². The Morgan fingerprint density at radius 1 is 0.442 bits per heavy atom. The van der Waals surface area contributed by atoms with Gasteiger partial charge in [-0.05, 0) is 47.7 Å². The van der Waals surface area contributed by atoms with Crippen molar-refractivity contribution in [3.63, 3.8) is 0 Å².